The molecule has 1 aliphatic heterocycles. The van der Waals surface area contributed by atoms with Crippen LogP contribution in [0.2, 0.25) is 0 Å². The molecule has 7 heteroatoms. The average Bonchev–Trinajstić information content (AvgIpc) is 3.01. The maximum atomic E-state index is 10.9. The molecule has 1 aromatic heterocycles. The molecule has 0 saturated carbocycles. The fourth-order valence-electron chi connectivity index (χ4n) is 2.66. The van der Waals surface area contributed by atoms with Crippen LogP contribution in [0.4, 0.5) is 5.82 Å². The van der Waals surface area contributed by atoms with Gasteiger partial charge in [-0.05, 0) is 24.4 Å². The number of nitro groups is 1. The second-order valence-corrected chi connectivity index (χ2v) is 4.85. The van der Waals surface area contributed by atoms with Crippen LogP contribution in [0.25, 0.3) is 0 Å². The van der Waals surface area contributed by atoms with Crippen LogP contribution in [0.5, 0.6) is 0 Å². The van der Waals surface area contributed by atoms with E-state index in [4.69, 9.17) is 0 Å². The van der Waals surface area contributed by atoms with E-state index < -0.39 is 0 Å². The van der Waals surface area contributed by atoms with Crippen molar-refractivity contribution in [1.82, 2.24) is 19.8 Å². The number of nitrogens with zero attached hydrogens (tertiary/aromatic N) is 4. The topological polar surface area (TPSA) is 76.2 Å². The first-order valence-corrected chi connectivity index (χ1v) is 6.74. The third kappa shape index (κ3) is 3.10. The van der Waals surface area contributed by atoms with E-state index in [-0.39, 0.29) is 10.7 Å². The van der Waals surface area contributed by atoms with Gasteiger partial charge in [0.1, 0.15) is 12.7 Å². The van der Waals surface area contributed by atoms with E-state index in [1.54, 1.807) is 11.5 Å². The van der Waals surface area contributed by atoms with E-state index in [2.05, 4.69) is 22.1 Å². The Morgan fingerprint density at radius 2 is 2.47 bits per heavy atom. The Hall–Kier alpha value is -1.47. The van der Waals surface area contributed by atoms with E-state index in [9.17, 15) is 10.1 Å². The highest BCUT2D eigenvalue weighted by Gasteiger charge is 2.23. The number of aromatic nitrogens is 2. The van der Waals surface area contributed by atoms with Gasteiger partial charge < -0.3 is 15.4 Å². The van der Waals surface area contributed by atoms with Gasteiger partial charge in [-0.25, -0.2) is 9.55 Å². The molecule has 0 aromatic carbocycles. The van der Waals surface area contributed by atoms with Crippen molar-refractivity contribution >= 4 is 5.82 Å². The maximum absolute atomic E-state index is 10.9. The minimum absolute atomic E-state index is 0.0816. The number of hydrogen-bond acceptors (Lipinski definition) is 5. The summed E-state index contributed by atoms with van der Waals surface area (Å²) in [7, 11) is 0. The van der Waals surface area contributed by atoms with Crippen molar-refractivity contribution in [3.05, 3.63) is 22.1 Å². The van der Waals surface area contributed by atoms with Crippen molar-refractivity contribution in [1.29, 1.82) is 0 Å². The standard InChI is InChI=1S/C12H21N5O2/c1-3-15(11-4-5-13-8-11)6-7-16-10(2)14-9-12(16)17(18)19/h9,11,13H,3-8H2,1-2H3. The van der Waals surface area contributed by atoms with Crippen LogP contribution < -0.4 is 5.32 Å². The second kappa shape index (κ2) is 6.12. The minimum atomic E-state index is -0.368. The van der Waals surface area contributed by atoms with Crippen LogP contribution in [0.15, 0.2) is 6.20 Å². The van der Waals surface area contributed by atoms with Crippen LogP contribution in [0, 0.1) is 17.0 Å². The van der Waals surface area contributed by atoms with E-state index >= 15 is 0 Å². The number of likely N-dealkylation sites (N-methyl/N-ethyl adjacent to an activating group) is 1. The number of hydrogen-bond donors (Lipinski definition) is 1. The molecular formula is C12H21N5O2. The molecule has 19 heavy (non-hydrogen) atoms. The summed E-state index contributed by atoms with van der Waals surface area (Å²) in [5.74, 6) is 0.783. The largest absolute Gasteiger partial charge is 0.358 e. The van der Waals surface area contributed by atoms with E-state index in [1.807, 2.05) is 0 Å². The fourth-order valence-corrected chi connectivity index (χ4v) is 2.66. The molecule has 106 valence electrons. The van der Waals surface area contributed by atoms with Crippen LogP contribution >= 0.6 is 0 Å². The Bertz CT molecular complexity index is 439. The van der Waals surface area contributed by atoms with Crippen molar-refractivity contribution in [3.63, 3.8) is 0 Å². The molecular weight excluding hydrogens is 246 g/mol. The second-order valence-electron chi connectivity index (χ2n) is 4.85. The van der Waals surface area contributed by atoms with Crippen molar-refractivity contribution in [2.75, 3.05) is 26.2 Å². The molecule has 2 rings (SSSR count). The lowest BCUT2D eigenvalue weighted by Crippen LogP contribution is -2.38. The minimum Gasteiger partial charge on any atom is -0.358 e. The smallest absolute Gasteiger partial charge is 0.342 e. The van der Waals surface area contributed by atoms with Gasteiger partial charge in [0.2, 0.25) is 0 Å². The van der Waals surface area contributed by atoms with Gasteiger partial charge in [0.25, 0.3) is 0 Å². The van der Waals surface area contributed by atoms with E-state index in [0.29, 0.717) is 18.4 Å². The molecule has 1 aromatic rings. The van der Waals surface area contributed by atoms with E-state index in [0.717, 1.165) is 32.6 Å². The van der Waals surface area contributed by atoms with Gasteiger partial charge in [0.05, 0.1) is 0 Å². The highest BCUT2D eigenvalue weighted by molar-refractivity contribution is 5.18. The zero-order valence-electron chi connectivity index (χ0n) is 11.5. The van der Waals surface area contributed by atoms with Gasteiger partial charge in [0.15, 0.2) is 5.82 Å². The molecule has 1 saturated heterocycles. The first-order chi connectivity index (χ1) is 9.13. The third-order valence-electron chi connectivity index (χ3n) is 3.79. The normalized spacial score (nSPS) is 19.2. The van der Waals surface area contributed by atoms with Crippen molar-refractivity contribution in [3.8, 4) is 0 Å². The molecule has 2 heterocycles. The Kier molecular flexibility index (Phi) is 4.49. The molecule has 1 N–H and O–H groups in total. The molecule has 0 bridgehead atoms. The van der Waals surface area contributed by atoms with Gasteiger partial charge in [0, 0.05) is 26.1 Å². The summed E-state index contributed by atoms with van der Waals surface area (Å²) in [6.45, 7) is 8.42. The Morgan fingerprint density at radius 3 is 3.05 bits per heavy atom. The summed E-state index contributed by atoms with van der Waals surface area (Å²) >= 11 is 0. The molecule has 0 aliphatic carbocycles. The summed E-state index contributed by atoms with van der Waals surface area (Å²) in [6.07, 6.45) is 2.49. The molecule has 0 amide bonds. The summed E-state index contributed by atoms with van der Waals surface area (Å²) in [6, 6.07) is 0.549. The van der Waals surface area contributed by atoms with Crippen LogP contribution in [0.3, 0.4) is 0 Å². The zero-order chi connectivity index (χ0) is 13.8. The van der Waals surface area contributed by atoms with Gasteiger partial charge in [-0.3, -0.25) is 4.90 Å². The summed E-state index contributed by atoms with van der Waals surface area (Å²) in [4.78, 5) is 17.0. The number of nitrogens with one attached hydrogen (secondary N) is 1. The van der Waals surface area contributed by atoms with Crippen LogP contribution in [-0.4, -0.2) is 51.6 Å². The molecule has 1 aliphatic rings. The molecule has 1 atom stereocenters. The van der Waals surface area contributed by atoms with Crippen molar-refractivity contribution in [2.24, 2.45) is 0 Å². The summed E-state index contributed by atoms with van der Waals surface area (Å²) in [5, 5.41) is 14.3. The van der Waals surface area contributed by atoms with Gasteiger partial charge in [-0.1, -0.05) is 6.92 Å². The summed E-state index contributed by atoms with van der Waals surface area (Å²) < 4.78 is 1.69. The first-order valence-electron chi connectivity index (χ1n) is 6.74. The molecule has 0 radical (unpaired) electrons. The van der Waals surface area contributed by atoms with Crippen LogP contribution in [0.1, 0.15) is 19.2 Å². The lowest BCUT2D eigenvalue weighted by atomic mass is 10.2. The van der Waals surface area contributed by atoms with E-state index in [1.165, 1.54) is 6.20 Å². The SMILES string of the molecule is CCN(CCn1c([N+](=O)[O-])cnc1C)C1CCNC1. The maximum Gasteiger partial charge on any atom is 0.342 e. The molecule has 1 unspecified atom stereocenters. The number of rotatable bonds is 6. The molecule has 0 spiro atoms. The zero-order valence-corrected chi connectivity index (χ0v) is 11.5. The summed E-state index contributed by atoms with van der Waals surface area (Å²) in [5.41, 5.74) is 0. The molecule has 1 fully saturated rings. The Morgan fingerprint density at radius 1 is 1.68 bits per heavy atom. The fraction of sp³-hybridized carbons (Fsp3) is 0.750. The average molecular weight is 267 g/mol. The predicted octanol–water partition coefficient (Wildman–Crippen LogP) is 0.784. The molecule has 7 nitrogen and oxygen atoms in total. The Labute approximate surface area is 112 Å². The van der Waals surface area contributed by atoms with Crippen LogP contribution in [-0.2, 0) is 6.54 Å². The Balaban J connectivity index is 2.00. The lowest BCUT2D eigenvalue weighted by molar-refractivity contribution is -0.392. The van der Waals surface area contributed by atoms with Gasteiger partial charge in [-0.2, -0.15) is 0 Å². The monoisotopic (exact) mass is 267 g/mol. The number of imidazole rings is 1. The third-order valence-corrected chi connectivity index (χ3v) is 3.79. The van der Waals surface area contributed by atoms with Gasteiger partial charge >= 0.3 is 5.82 Å². The predicted molar refractivity (Wildman–Crippen MR) is 72.1 cm³/mol. The number of aryl methyl sites for hydroxylation is 1. The highest BCUT2D eigenvalue weighted by Crippen LogP contribution is 2.15. The highest BCUT2D eigenvalue weighted by atomic mass is 16.6. The lowest BCUT2D eigenvalue weighted by Gasteiger charge is -2.26. The van der Waals surface area contributed by atoms with Gasteiger partial charge in [-0.15, -0.1) is 0 Å². The van der Waals surface area contributed by atoms with Crippen molar-refractivity contribution in [2.45, 2.75) is 32.9 Å². The van der Waals surface area contributed by atoms with Crippen molar-refractivity contribution < 1.29 is 4.92 Å². The quantitative estimate of drug-likeness (QED) is 0.609. The first kappa shape index (κ1) is 14.0.